The van der Waals surface area contributed by atoms with Gasteiger partial charge in [-0.2, -0.15) is 0 Å². The van der Waals surface area contributed by atoms with Crippen molar-refractivity contribution in [2.24, 2.45) is 5.92 Å². The maximum atomic E-state index is 11.1. The molecule has 98 valence electrons. The monoisotopic (exact) mass is 249 g/mol. The lowest BCUT2D eigenvalue weighted by Crippen LogP contribution is -2.26. The molecule has 0 amide bonds. The second-order valence-corrected chi connectivity index (χ2v) is 4.84. The molecular weight excluding hydrogens is 230 g/mol. The Balaban J connectivity index is 2.07. The lowest BCUT2D eigenvalue weighted by molar-refractivity contribution is 0.0678. The van der Waals surface area contributed by atoms with Crippen molar-refractivity contribution in [3.63, 3.8) is 0 Å². The molecule has 1 aromatic heterocycles. The fraction of sp³-hybridized carbons (Fsp3) is 0.571. The zero-order valence-electron chi connectivity index (χ0n) is 10.6. The summed E-state index contributed by atoms with van der Waals surface area (Å²) in [4.78, 5) is 15.1. The van der Waals surface area contributed by atoms with Crippen molar-refractivity contribution in [2.45, 2.75) is 45.1 Å². The normalized spacial score (nSPS) is 23.6. The van der Waals surface area contributed by atoms with Gasteiger partial charge < -0.3 is 9.84 Å². The van der Waals surface area contributed by atoms with E-state index >= 15 is 0 Å². The number of aromatic nitrogens is 1. The smallest absolute Gasteiger partial charge is 0.341 e. The van der Waals surface area contributed by atoms with Crippen LogP contribution >= 0.6 is 0 Å². The van der Waals surface area contributed by atoms with Crippen LogP contribution in [-0.2, 0) is 0 Å². The topological polar surface area (TPSA) is 59.4 Å². The second-order valence-electron chi connectivity index (χ2n) is 4.84. The van der Waals surface area contributed by atoms with E-state index in [0.29, 0.717) is 5.92 Å². The number of rotatable bonds is 4. The third kappa shape index (κ3) is 3.00. The zero-order valence-corrected chi connectivity index (χ0v) is 10.6. The zero-order chi connectivity index (χ0) is 13.0. The first kappa shape index (κ1) is 12.9. The van der Waals surface area contributed by atoms with Crippen LogP contribution in [0.25, 0.3) is 0 Å². The van der Waals surface area contributed by atoms with E-state index < -0.39 is 5.97 Å². The number of aromatic carboxylic acids is 1. The summed E-state index contributed by atoms with van der Waals surface area (Å²) in [5.74, 6) is -0.0338. The Hall–Kier alpha value is -1.58. The van der Waals surface area contributed by atoms with Gasteiger partial charge in [0.2, 0.25) is 5.88 Å². The highest BCUT2D eigenvalue weighted by molar-refractivity contribution is 5.90. The molecule has 2 rings (SSSR count). The Morgan fingerprint density at radius 2 is 2.39 bits per heavy atom. The number of carboxylic acid groups (broad SMARTS) is 1. The maximum Gasteiger partial charge on any atom is 0.341 e. The molecule has 1 N–H and O–H groups in total. The summed E-state index contributed by atoms with van der Waals surface area (Å²) in [7, 11) is 0. The number of nitrogens with zero attached hydrogens (tertiary/aromatic N) is 1. The van der Waals surface area contributed by atoms with Gasteiger partial charge in [-0.25, -0.2) is 9.78 Å². The molecule has 4 nitrogen and oxygen atoms in total. The van der Waals surface area contributed by atoms with Gasteiger partial charge in [0.25, 0.3) is 0 Å². The van der Waals surface area contributed by atoms with Gasteiger partial charge in [0, 0.05) is 6.20 Å². The average Bonchev–Trinajstić information content (AvgIpc) is 2.39. The lowest BCUT2D eigenvalue weighted by Gasteiger charge is -2.28. The molecule has 0 bridgehead atoms. The Labute approximate surface area is 107 Å². The minimum Gasteiger partial charge on any atom is -0.477 e. The minimum atomic E-state index is -0.985. The summed E-state index contributed by atoms with van der Waals surface area (Å²) < 4.78 is 5.79. The highest BCUT2D eigenvalue weighted by Crippen LogP contribution is 2.29. The minimum absolute atomic E-state index is 0.108. The van der Waals surface area contributed by atoms with Crippen LogP contribution in [0.1, 0.15) is 49.4 Å². The predicted octanol–water partition coefficient (Wildman–Crippen LogP) is 3.13. The van der Waals surface area contributed by atoms with Gasteiger partial charge in [-0.3, -0.25) is 0 Å². The molecule has 2 unspecified atom stereocenters. The second kappa shape index (κ2) is 5.85. The van der Waals surface area contributed by atoms with E-state index in [4.69, 9.17) is 9.84 Å². The lowest BCUT2D eigenvalue weighted by atomic mass is 9.85. The van der Waals surface area contributed by atoms with Crippen molar-refractivity contribution in [1.29, 1.82) is 0 Å². The standard InChI is InChI=1S/C14H19NO3/c1-2-10-5-3-6-11(9-10)18-13-12(14(16)17)7-4-8-15-13/h4,7-8,10-11H,2-3,5-6,9H2,1H3,(H,16,17). The average molecular weight is 249 g/mol. The summed E-state index contributed by atoms with van der Waals surface area (Å²) in [5, 5.41) is 9.07. The van der Waals surface area contributed by atoms with Gasteiger partial charge in [0.05, 0.1) is 0 Å². The van der Waals surface area contributed by atoms with Gasteiger partial charge in [0.1, 0.15) is 11.7 Å². The van der Waals surface area contributed by atoms with Crippen molar-refractivity contribution in [3.05, 3.63) is 23.9 Å². The molecule has 1 aliphatic carbocycles. The van der Waals surface area contributed by atoms with Crippen LogP contribution in [-0.4, -0.2) is 22.2 Å². The van der Waals surface area contributed by atoms with Crippen LogP contribution in [0.4, 0.5) is 0 Å². The summed E-state index contributed by atoms with van der Waals surface area (Å²) in [6.45, 7) is 2.19. The highest BCUT2D eigenvalue weighted by atomic mass is 16.5. The number of carboxylic acids is 1. The fourth-order valence-corrected chi connectivity index (χ4v) is 2.52. The van der Waals surface area contributed by atoms with E-state index in [0.717, 1.165) is 25.7 Å². The number of pyridine rings is 1. The quantitative estimate of drug-likeness (QED) is 0.890. The predicted molar refractivity (Wildman–Crippen MR) is 67.9 cm³/mol. The van der Waals surface area contributed by atoms with Crippen LogP contribution in [0.5, 0.6) is 5.88 Å². The van der Waals surface area contributed by atoms with E-state index in [9.17, 15) is 4.79 Å². The third-order valence-corrected chi connectivity index (χ3v) is 3.59. The number of carbonyl (C=O) groups is 1. The summed E-state index contributed by atoms with van der Waals surface area (Å²) in [6.07, 6.45) is 7.24. The summed E-state index contributed by atoms with van der Waals surface area (Å²) >= 11 is 0. The first-order valence-electron chi connectivity index (χ1n) is 6.55. The van der Waals surface area contributed by atoms with E-state index in [1.807, 2.05) is 0 Å². The highest BCUT2D eigenvalue weighted by Gasteiger charge is 2.24. The number of hydrogen-bond donors (Lipinski definition) is 1. The molecule has 0 aliphatic heterocycles. The number of hydrogen-bond acceptors (Lipinski definition) is 3. The summed E-state index contributed by atoms with van der Waals surface area (Å²) in [6, 6.07) is 3.15. The molecule has 2 atom stereocenters. The molecule has 0 spiro atoms. The van der Waals surface area contributed by atoms with Crippen LogP contribution in [0.2, 0.25) is 0 Å². The van der Waals surface area contributed by atoms with Gasteiger partial charge in [-0.05, 0) is 37.3 Å². The van der Waals surface area contributed by atoms with E-state index in [1.165, 1.54) is 12.5 Å². The molecule has 4 heteroatoms. The van der Waals surface area contributed by atoms with Crippen LogP contribution < -0.4 is 4.74 Å². The maximum absolute atomic E-state index is 11.1. The summed E-state index contributed by atoms with van der Waals surface area (Å²) in [5.41, 5.74) is 0.149. The molecular formula is C14H19NO3. The molecule has 1 heterocycles. The van der Waals surface area contributed by atoms with Crippen LogP contribution in [0, 0.1) is 5.92 Å². The molecule has 1 aliphatic rings. The molecule has 1 saturated carbocycles. The molecule has 18 heavy (non-hydrogen) atoms. The van der Waals surface area contributed by atoms with Crippen LogP contribution in [0.15, 0.2) is 18.3 Å². The van der Waals surface area contributed by atoms with Gasteiger partial charge in [-0.15, -0.1) is 0 Å². The van der Waals surface area contributed by atoms with Gasteiger partial charge >= 0.3 is 5.97 Å². The van der Waals surface area contributed by atoms with Crippen molar-refractivity contribution in [3.8, 4) is 5.88 Å². The van der Waals surface area contributed by atoms with Gasteiger partial charge in [-0.1, -0.05) is 19.8 Å². The molecule has 1 fully saturated rings. The molecule has 1 aromatic rings. The van der Waals surface area contributed by atoms with Crippen molar-refractivity contribution in [1.82, 2.24) is 4.98 Å². The molecule has 0 aromatic carbocycles. The molecule has 0 radical (unpaired) electrons. The SMILES string of the molecule is CCC1CCCC(Oc2ncccc2C(=O)O)C1. The number of ether oxygens (including phenoxy) is 1. The van der Waals surface area contributed by atoms with Crippen molar-refractivity contribution >= 4 is 5.97 Å². The Morgan fingerprint density at radius 3 is 3.11 bits per heavy atom. The van der Waals surface area contributed by atoms with Crippen molar-refractivity contribution in [2.75, 3.05) is 0 Å². The van der Waals surface area contributed by atoms with Crippen LogP contribution in [0.3, 0.4) is 0 Å². The first-order chi connectivity index (χ1) is 8.70. The van der Waals surface area contributed by atoms with Gasteiger partial charge in [0.15, 0.2) is 0 Å². The Kier molecular flexibility index (Phi) is 4.18. The molecule has 0 saturated heterocycles. The van der Waals surface area contributed by atoms with E-state index in [-0.39, 0.29) is 17.5 Å². The fourth-order valence-electron chi connectivity index (χ4n) is 2.52. The van der Waals surface area contributed by atoms with Crippen molar-refractivity contribution < 1.29 is 14.6 Å². The Morgan fingerprint density at radius 1 is 1.56 bits per heavy atom. The Bertz CT molecular complexity index is 419. The van der Waals surface area contributed by atoms with E-state index in [2.05, 4.69) is 11.9 Å². The van der Waals surface area contributed by atoms with E-state index in [1.54, 1.807) is 12.3 Å². The third-order valence-electron chi connectivity index (χ3n) is 3.59. The largest absolute Gasteiger partial charge is 0.477 e. The first-order valence-corrected chi connectivity index (χ1v) is 6.55.